The summed E-state index contributed by atoms with van der Waals surface area (Å²) in [6.45, 7) is 46.4. The summed E-state index contributed by atoms with van der Waals surface area (Å²) in [7, 11) is 2.11. The lowest BCUT2D eigenvalue weighted by Crippen LogP contribution is -2.38. The van der Waals surface area contributed by atoms with E-state index in [4.69, 9.17) is 18.9 Å². The first-order valence-electron chi connectivity index (χ1n) is 51.2. The molecule has 0 bridgehead atoms. The molecule has 0 saturated heterocycles. The molecule has 12 unspecified atom stereocenters. The van der Waals surface area contributed by atoms with Crippen LogP contribution in [0, 0.1) is 23.7 Å². The van der Waals surface area contributed by atoms with Crippen molar-refractivity contribution in [2.75, 3.05) is 191 Å². The first-order chi connectivity index (χ1) is 58.3. The summed E-state index contributed by atoms with van der Waals surface area (Å²) >= 11 is 0. The number of hydrogen-bond donors (Lipinski definition) is 17. The van der Waals surface area contributed by atoms with Crippen LogP contribution in [-0.2, 0) is 18.9 Å². The predicted octanol–water partition coefficient (Wildman–Crippen LogP) is 16.0. The van der Waals surface area contributed by atoms with Crippen LogP contribution in [0.25, 0.3) is 0 Å². The van der Waals surface area contributed by atoms with Gasteiger partial charge >= 0.3 is 0 Å². The third-order valence-corrected chi connectivity index (χ3v) is 23.5. The molecule has 22 nitrogen and oxygen atoms in total. The van der Waals surface area contributed by atoms with Gasteiger partial charge in [-0.2, -0.15) is 0 Å². The number of nitrogens with one attached hydrogen (secondary N) is 9. The van der Waals surface area contributed by atoms with Crippen LogP contribution in [0.1, 0.15) is 379 Å². The van der Waals surface area contributed by atoms with Crippen molar-refractivity contribution in [1.82, 2.24) is 52.8 Å². The molecule has 12 atom stereocenters. The molecule has 0 aromatic carbocycles. The van der Waals surface area contributed by atoms with Crippen LogP contribution in [-0.4, -0.2) is 285 Å². The Labute approximate surface area is 751 Å². The van der Waals surface area contributed by atoms with Gasteiger partial charge in [-0.3, -0.25) is 0 Å². The Hall–Kier alpha value is -0.880. The minimum atomic E-state index is -0.282. The van der Waals surface area contributed by atoms with Gasteiger partial charge < -0.3 is 113 Å². The molecule has 0 rings (SSSR count). The second-order valence-electron chi connectivity index (χ2n) is 35.4. The highest BCUT2D eigenvalue weighted by Crippen LogP contribution is 2.20. The zero-order chi connectivity index (χ0) is 89.3. The summed E-state index contributed by atoms with van der Waals surface area (Å²) in [5, 5.41) is 109. The fourth-order valence-electron chi connectivity index (χ4n) is 13.8. The molecular weight excluding hydrogens is 1520 g/mol. The smallest absolute Gasteiger partial charge is 0.0701 e. The van der Waals surface area contributed by atoms with Gasteiger partial charge in [0.25, 0.3) is 0 Å². The molecular formula is C99H218N10O12. The number of rotatable bonds is 95. The SMILES string of the molecule is C.CCCCCCCCCCC(C)C(O)CNCCCCCNCCNCC(O)CC.CCCCCCCCCCC(C)C(O)CNCCN(C)CCNCC(O)CC.CCCCCCCCCCC(C)C(O)CNCCOCCOCCNCC(O)CC.CCCCCCCCCCCCC(C)C(O)CNCCOCCOCCNCC(O)CC. The van der Waals surface area contributed by atoms with Crippen molar-refractivity contribution in [3.05, 3.63) is 0 Å². The first kappa shape index (κ1) is 129. The number of aliphatic hydroxyl groups is 8. The summed E-state index contributed by atoms with van der Waals surface area (Å²) in [5.41, 5.74) is 0. The van der Waals surface area contributed by atoms with Crippen LogP contribution in [0.2, 0.25) is 0 Å². The molecule has 736 valence electrons. The summed E-state index contributed by atoms with van der Waals surface area (Å²) in [6, 6.07) is 0. The Kier molecular flexibility index (Phi) is 115. The molecule has 22 heteroatoms. The minimum Gasteiger partial charge on any atom is -0.392 e. The van der Waals surface area contributed by atoms with E-state index in [9.17, 15) is 40.9 Å². The highest BCUT2D eigenvalue weighted by molar-refractivity contribution is 4.73. The Bertz CT molecular complexity index is 1780. The second-order valence-corrected chi connectivity index (χ2v) is 35.4. The molecule has 0 saturated carbocycles. The van der Waals surface area contributed by atoms with E-state index in [1.807, 2.05) is 27.7 Å². The average molecular weight is 1740 g/mol. The molecule has 0 fully saturated rings. The maximum absolute atomic E-state index is 10.3. The number of hydrogen-bond acceptors (Lipinski definition) is 22. The predicted molar refractivity (Wildman–Crippen MR) is 521 cm³/mol. The maximum Gasteiger partial charge on any atom is 0.0701 e. The van der Waals surface area contributed by atoms with Crippen LogP contribution < -0.4 is 47.9 Å². The van der Waals surface area contributed by atoms with E-state index in [2.05, 4.69) is 115 Å². The number of unbranched alkanes of at least 4 members (excludes halogenated alkanes) is 32. The molecule has 0 aliphatic rings. The largest absolute Gasteiger partial charge is 0.392 e. The number of nitrogens with zero attached hydrogens (tertiary/aromatic N) is 1. The lowest BCUT2D eigenvalue weighted by atomic mass is 9.96. The fourth-order valence-corrected chi connectivity index (χ4v) is 13.8. The van der Waals surface area contributed by atoms with Gasteiger partial charge in [0.05, 0.1) is 102 Å². The molecule has 0 radical (unpaired) electrons. The summed E-state index contributed by atoms with van der Waals surface area (Å²) < 4.78 is 22.0. The van der Waals surface area contributed by atoms with E-state index in [-0.39, 0.29) is 56.3 Å². The van der Waals surface area contributed by atoms with Crippen LogP contribution in [0.5, 0.6) is 0 Å². The fraction of sp³-hybridized carbons (Fsp3) is 1.00. The van der Waals surface area contributed by atoms with Gasteiger partial charge in [-0.05, 0) is 108 Å². The third-order valence-electron chi connectivity index (χ3n) is 23.5. The van der Waals surface area contributed by atoms with E-state index in [1.54, 1.807) is 0 Å². The van der Waals surface area contributed by atoms with Crippen molar-refractivity contribution in [3.8, 4) is 0 Å². The van der Waals surface area contributed by atoms with Crippen LogP contribution in [0.3, 0.4) is 0 Å². The monoisotopic (exact) mass is 1740 g/mol. The summed E-state index contributed by atoms with van der Waals surface area (Å²) in [4.78, 5) is 2.27. The van der Waals surface area contributed by atoms with Crippen molar-refractivity contribution in [1.29, 1.82) is 0 Å². The van der Waals surface area contributed by atoms with Crippen molar-refractivity contribution < 1.29 is 59.8 Å². The van der Waals surface area contributed by atoms with Crippen molar-refractivity contribution >= 4 is 0 Å². The quantitative estimate of drug-likeness (QED) is 0.0252. The molecule has 17 N–H and O–H groups in total. The lowest BCUT2D eigenvalue weighted by Gasteiger charge is -2.21. The van der Waals surface area contributed by atoms with E-state index >= 15 is 0 Å². The Morgan fingerprint density at radius 3 is 0.661 bits per heavy atom. The van der Waals surface area contributed by atoms with E-state index in [0.29, 0.717) is 122 Å². The minimum absolute atomic E-state index is 0. The molecule has 0 aromatic heterocycles. The third kappa shape index (κ3) is 106. The zero-order valence-corrected chi connectivity index (χ0v) is 81.7. The van der Waals surface area contributed by atoms with Crippen LogP contribution in [0.4, 0.5) is 0 Å². The van der Waals surface area contributed by atoms with E-state index < -0.39 is 0 Å². The van der Waals surface area contributed by atoms with Gasteiger partial charge in [-0.25, -0.2) is 0 Å². The maximum atomic E-state index is 10.3. The van der Waals surface area contributed by atoms with Crippen molar-refractivity contribution in [3.63, 3.8) is 0 Å². The number of likely N-dealkylation sites (N-methyl/N-ethyl adjacent to an activating group) is 1. The zero-order valence-electron chi connectivity index (χ0n) is 81.7. The highest BCUT2D eigenvalue weighted by atomic mass is 16.5. The van der Waals surface area contributed by atoms with Gasteiger partial charge in [-0.15, -0.1) is 0 Å². The van der Waals surface area contributed by atoms with Crippen molar-refractivity contribution in [2.24, 2.45) is 23.7 Å². The van der Waals surface area contributed by atoms with Gasteiger partial charge in [0.15, 0.2) is 0 Å². The topological polar surface area (TPSA) is 310 Å². The standard InChI is InChI=1S/C26H56N2O4.C25H55N3O2.C24H52N2O4.C23H51N3O2.CH4/c1-4-6-7-8-9-10-11-12-13-14-15-24(3)26(30)23-28-17-19-32-21-20-31-18-16-27-22-25(29)5-2;1-4-6-7-8-9-10-11-13-16-23(3)25(30)22-27-18-15-12-14-17-26-19-20-28-21-24(29)5-2;1-4-6-7-8-9-10-11-12-13-22(3)24(28)21-26-15-17-30-19-18-29-16-14-25-20-23(27)5-2;1-5-7-8-9-10-11-12-13-14-21(3)23(28)20-25-16-18-26(4)17-15-24-19-22(27)6-2;/h24-30H,4-23H2,1-3H3;23-30H,4-22H2,1-3H3;22-28H,4-21H2,1-3H3;21-25,27-28H,5-20H2,1-4H3;1H4. The molecule has 0 aromatic rings. The first-order valence-corrected chi connectivity index (χ1v) is 51.2. The second kappa shape index (κ2) is 108. The Morgan fingerprint density at radius 2 is 0.405 bits per heavy atom. The summed E-state index contributed by atoms with van der Waals surface area (Å²) in [5.74, 6) is 1.46. The highest BCUT2D eigenvalue weighted by Gasteiger charge is 2.18. The Balaban J connectivity index is -0.000000493. The average Bonchev–Trinajstić information content (AvgIpc) is 0.990. The number of aliphatic hydroxyl groups excluding tert-OH is 8. The van der Waals surface area contributed by atoms with E-state index in [0.717, 1.165) is 136 Å². The summed E-state index contributed by atoms with van der Waals surface area (Å²) in [6.07, 6.45) is 55.0. The van der Waals surface area contributed by atoms with Gasteiger partial charge in [0.2, 0.25) is 0 Å². The lowest BCUT2D eigenvalue weighted by molar-refractivity contribution is 0.0470. The molecule has 0 aliphatic heterocycles. The van der Waals surface area contributed by atoms with Crippen LogP contribution >= 0.6 is 0 Å². The normalized spacial score (nSPS) is 14.6. The van der Waals surface area contributed by atoms with Gasteiger partial charge in [-0.1, -0.05) is 315 Å². The number of ether oxygens (including phenoxy) is 4. The molecule has 0 spiro atoms. The van der Waals surface area contributed by atoms with Crippen molar-refractivity contribution in [2.45, 2.75) is 428 Å². The molecule has 0 heterocycles. The molecule has 0 amide bonds. The van der Waals surface area contributed by atoms with Gasteiger partial charge in [0.1, 0.15) is 0 Å². The molecule has 0 aliphatic carbocycles. The Morgan fingerprint density at radius 1 is 0.215 bits per heavy atom. The molecule has 121 heavy (non-hydrogen) atoms. The van der Waals surface area contributed by atoms with Crippen LogP contribution in [0.15, 0.2) is 0 Å². The van der Waals surface area contributed by atoms with Gasteiger partial charge in [0, 0.05) is 118 Å². The van der Waals surface area contributed by atoms with E-state index in [1.165, 1.54) is 238 Å².